The van der Waals surface area contributed by atoms with Crippen molar-refractivity contribution in [3.05, 3.63) is 48.8 Å². The van der Waals surface area contributed by atoms with Crippen LogP contribution < -0.4 is 11.1 Å². The zero-order chi connectivity index (χ0) is 12.8. The Morgan fingerprint density at radius 2 is 2.06 bits per heavy atom. The van der Waals surface area contributed by atoms with Gasteiger partial charge >= 0.3 is 0 Å². The van der Waals surface area contributed by atoms with Crippen molar-refractivity contribution in [2.45, 2.75) is 4.90 Å². The third-order valence-corrected chi connectivity index (χ3v) is 3.25. The summed E-state index contributed by atoms with van der Waals surface area (Å²) in [5.74, 6) is 0.271. The molecule has 0 bridgehead atoms. The fraction of sp³-hybridized carbons (Fsp3) is 0.0769. The molecule has 0 saturated heterocycles. The van der Waals surface area contributed by atoms with E-state index in [0.29, 0.717) is 17.1 Å². The lowest BCUT2D eigenvalue weighted by Crippen LogP contribution is -2.15. The molecule has 92 valence electrons. The molecule has 0 aliphatic carbocycles. The highest BCUT2D eigenvalue weighted by molar-refractivity contribution is 8.00. The molecule has 1 heterocycles. The number of aromatic nitrogens is 1. The topological polar surface area (TPSA) is 68.0 Å². The van der Waals surface area contributed by atoms with Gasteiger partial charge in [0.1, 0.15) is 0 Å². The normalized spacial score (nSPS) is 10.0. The number of nitrogens with one attached hydrogen (secondary N) is 1. The molecule has 0 spiro atoms. The number of nitrogens with zero attached hydrogens (tertiary/aromatic N) is 1. The van der Waals surface area contributed by atoms with Crippen LogP contribution in [-0.2, 0) is 4.79 Å². The van der Waals surface area contributed by atoms with Gasteiger partial charge in [-0.25, -0.2) is 0 Å². The highest BCUT2D eigenvalue weighted by Crippen LogP contribution is 2.19. The van der Waals surface area contributed by atoms with Crippen molar-refractivity contribution in [1.82, 2.24) is 4.98 Å². The predicted molar refractivity (Wildman–Crippen MR) is 74.4 cm³/mol. The quantitative estimate of drug-likeness (QED) is 0.827. The minimum absolute atomic E-state index is 0.0817. The molecule has 18 heavy (non-hydrogen) atoms. The number of carbonyl (C=O) groups excluding carboxylic acids is 1. The average molecular weight is 259 g/mol. The van der Waals surface area contributed by atoms with E-state index in [0.717, 1.165) is 4.90 Å². The van der Waals surface area contributed by atoms with Gasteiger partial charge in [0.25, 0.3) is 0 Å². The predicted octanol–water partition coefficient (Wildman–Crippen LogP) is 2.39. The Morgan fingerprint density at radius 3 is 2.78 bits per heavy atom. The second kappa shape index (κ2) is 6.07. The molecular weight excluding hydrogens is 246 g/mol. The third-order valence-electron chi connectivity index (χ3n) is 2.24. The van der Waals surface area contributed by atoms with Crippen LogP contribution in [0.3, 0.4) is 0 Å². The number of amides is 1. The van der Waals surface area contributed by atoms with Crippen LogP contribution >= 0.6 is 11.8 Å². The fourth-order valence-electron chi connectivity index (χ4n) is 1.37. The summed E-state index contributed by atoms with van der Waals surface area (Å²) in [5, 5.41) is 2.76. The van der Waals surface area contributed by atoms with Gasteiger partial charge in [-0.15, -0.1) is 11.8 Å². The summed E-state index contributed by atoms with van der Waals surface area (Å²) in [5.41, 5.74) is 6.76. The molecule has 0 aliphatic rings. The molecule has 2 rings (SSSR count). The van der Waals surface area contributed by atoms with E-state index in [2.05, 4.69) is 10.3 Å². The van der Waals surface area contributed by atoms with E-state index in [-0.39, 0.29) is 5.91 Å². The van der Waals surface area contributed by atoms with Crippen LogP contribution in [0.15, 0.2) is 53.7 Å². The fourth-order valence-corrected chi connectivity index (χ4v) is 2.09. The lowest BCUT2D eigenvalue weighted by molar-refractivity contribution is -0.113. The number of rotatable bonds is 4. The standard InChI is InChI=1S/C13H13N3OS/c14-11-8-15-7-6-12(11)16-13(17)9-18-10-4-2-1-3-5-10/h1-8H,9,14H2,(H,15,16,17). The summed E-state index contributed by atoms with van der Waals surface area (Å²) in [6, 6.07) is 11.5. The molecule has 1 aromatic heterocycles. The number of hydrogen-bond acceptors (Lipinski definition) is 4. The molecule has 0 aliphatic heterocycles. The lowest BCUT2D eigenvalue weighted by atomic mass is 10.3. The van der Waals surface area contributed by atoms with Gasteiger partial charge in [-0.2, -0.15) is 0 Å². The SMILES string of the molecule is Nc1cnccc1NC(=O)CSc1ccccc1. The summed E-state index contributed by atoms with van der Waals surface area (Å²) in [6.07, 6.45) is 3.11. The van der Waals surface area contributed by atoms with Crippen molar-refractivity contribution in [1.29, 1.82) is 0 Å². The van der Waals surface area contributed by atoms with Crippen molar-refractivity contribution in [3.63, 3.8) is 0 Å². The number of hydrogen-bond donors (Lipinski definition) is 2. The minimum Gasteiger partial charge on any atom is -0.396 e. The molecule has 3 N–H and O–H groups in total. The van der Waals surface area contributed by atoms with Crippen LogP contribution in [0.5, 0.6) is 0 Å². The Morgan fingerprint density at radius 1 is 1.28 bits per heavy atom. The van der Waals surface area contributed by atoms with Gasteiger partial charge in [-0.3, -0.25) is 9.78 Å². The second-order valence-corrected chi connectivity index (χ2v) is 4.66. The van der Waals surface area contributed by atoms with E-state index in [1.54, 1.807) is 12.3 Å². The molecule has 2 aromatic rings. The zero-order valence-electron chi connectivity index (χ0n) is 9.67. The maximum Gasteiger partial charge on any atom is 0.234 e. The van der Waals surface area contributed by atoms with Crippen LogP contribution in [0.25, 0.3) is 0 Å². The van der Waals surface area contributed by atoms with Crippen LogP contribution in [0.4, 0.5) is 11.4 Å². The van der Waals surface area contributed by atoms with Gasteiger partial charge in [0, 0.05) is 11.1 Å². The minimum atomic E-state index is -0.0817. The van der Waals surface area contributed by atoms with Gasteiger partial charge in [0.05, 0.1) is 23.3 Å². The van der Waals surface area contributed by atoms with E-state index in [1.807, 2.05) is 30.3 Å². The summed E-state index contributed by atoms with van der Waals surface area (Å²) in [4.78, 5) is 16.7. The average Bonchev–Trinajstić information content (AvgIpc) is 2.40. The number of nitrogen functional groups attached to an aromatic ring is 1. The first-order valence-electron chi connectivity index (χ1n) is 5.43. The first-order chi connectivity index (χ1) is 8.75. The maximum absolute atomic E-state index is 11.7. The van der Waals surface area contributed by atoms with Gasteiger partial charge in [0.15, 0.2) is 0 Å². The van der Waals surface area contributed by atoms with Gasteiger partial charge in [-0.05, 0) is 18.2 Å². The van der Waals surface area contributed by atoms with Crippen LogP contribution in [0.2, 0.25) is 0 Å². The van der Waals surface area contributed by atoms with Gasteiger partial charge in [0.2, 0.25) is 5.91 Å². The Bertz CT molecular complexity index is 531. The van der Waals surface area contributed by atoms with E-state index >= 15 is 0 Å². The summed E-state index contributed by atoms with van der Waals surface area (Å²) < 4.78 is 0. The number of pyridine rings is 1. The number of carbonyl (C=O) groups is 1. The monoisotopic (exact) mass is 259 g/mol. The molecule has 4 nitrogen and oxygen atoms in total. The van der Waals surface area contributed by atoms with Crippen molar-refractivity contribution in [3.8, 4) is 0 Å². The summed E-state index contributed by atoms with van der Waals surface area (Å²) >= 11 is 1.49. The van der Waals surface area contributed by atoms with Crippen molar-refractivity contribution in [2.24, 2.45) is 0 Å². The Labute approximate surface area is 110 Å². The third kappa shape index (κ3) is 3.49. The molecule has 0 saturated carbocycles. The van der Waals surface area contributed by atoms with Crippen LogP contribution in [-0.4, -0.2) is 16.6 Å². The number of anilines is 2. The van der Waals surface area contributed by atoms with Crippen molar-refractivity contribution < 1.29 is 4.79 Å². The van der Waals surface area contributed by atoms with Crippen LogP contribution in [0.1, 0.15) is 0 Å². The first-order valence-corrected chi connectivity index (χ1v) is 6.41. The van der Waals surface area contributed by atoms with E-state index in [9.17, 15) is 4.79 Å². The van der Waals surface area contributed by atoms with Gasteiger partial charge in [-0.1, -0.05) is 18.2 Å². The second-order valence-electron chi connectivity index (χ2n) is 3.61. The Kier molecular flexibility index (Phi) is 4.20. The molecule has 0 radical (unpaired) electrons. The molecule has 1 aromatic carbocycles. The van der Waals surface area contributed by atoms with E-state index in [4.69, 9.17) is 5.73 Å². The maximum atomic E-state index is 11.7. The van der Waals surface area contributed by atoms with E-state index in [1.165, 1.54) is 18.0 Å². The largest absolute Gasteiger partial charge is 0.396 e. The highest BCUT2D eigenvalue weighted by atomic mass is 32.2. The first kappa shape index (κ1) is 12.4. The summed E-state index contributed by atoms with van der Waals surface area (Å²) in [7, 11) is 0. The molecule has 5 heteroatoms. The highest BCUT2D eigenvalue weighted by Gasteiger charge is 2.05. The van der Waals surface area contributed by atoms with Crippen molar-refractivity contribution in [2.75, 3.05) is 16.8 Å². The van der Waals surface area contributed by atoms with Crippen LogP contribution in [0, 0.1) is 0 Å². The van der Waals surface area contributed by atoms with Gasteiger partial charge < -0.3 is 11.1 Å². The molecule has 0 unspecified atom stereocenters. The number of thioether (sulfide) groups is 1. The Hall–Kier alpha value is -2.01. The summed E-state index contributed by atoms with van der Waals surface area (Å²) in [6.45, 7) is 0. The molecule has 0 fully saturated rings. The number of benzene rings is 1. The lowest BCUT2D eigenvalue weighted by Gasteiger charge is -2.07. The van der Waals surface area contributed by atoms with Crippen molar-refractivity contribution >= 4 is 29.0 Å². The smallest absolute Gasteiger partial charge is 0.234 e. The zero-order valence-corrected chi connectivity index (χ0v) is 10.5. The molecule has 1 amide bonds. The molecule has 0 atom stereocenters. The Balaban J connectivity index is 1.88. The number of nitrogens with two attached hydrogens (primary N) is 1. The van der Waals surface area contributed by atoms with E-state index < -0.39 is 0 Å². The molecular formula is C13H13N3OS.